The van der Waals surface area contributed by atoms with Crippen LogP contribution < -0.4 is 10.1 Å². The van der Waals surface area contributed by atoms with Crippen molar-refractivity contribution in [2.75, 3.05) is 33.3 Å². The highest BCUT2D eigenvalue weighted by molar-refractivity contribution is 7.10. The van der Waals surface area contributed by atoms with Gasteiger partial charge in [-0.1, -0.05) is 12.1 Å². The number of phenolic OH excluding ortho intramolecular Hbond substituents is 1. The molecule has 1 aromatic carbocycles. The van der Waals surface area contributed by atoms with Gasteiger partial charge in [0.25, 0.3) is 0 Å². The van der Waals surface area contributed by atoms with Crippen LogP contribution in [0.15, 0.2) is 35.7 Å². The normalized spacial score (nSPS) is 17.6. The highest BCUT2D eigenvalue weighted by atomic mass is 32.1. The second-order valence-electron chi connectivity index (χ2n) is 5.10. The first-order chi connectivity index (χ1) is 10.3. The van der Waals surface area contributed by atoms with E-state index in [4.69, 9.17) is 4.74 Å². The van der Waals surface area contributed by atoms with Crippen LogP contribution in [0.3, 0.4) is 0 Å². The molecular formula is C16H20N2O2S. The summed E-state index contributed by atoms with van der Waals surface area (Å²) in [7, 11) is 1.65. The van der Waals surface area contributed by atoms with Gasteiger partial charge in [0.2, 0.25) is 0 Å². The van der Waals surface area contributed by atoms with Gasteiger partial charge in [-0.3, -0.25) is 4.90 Å². The van der Waals surface area contributed by atoms with Gasteiger partial charge >= 0.3 is 0 Å². The summed E-state index contributed by atoms with van der Waals surface area (Å²) in [5.41, 5.74) is 0.865. The van der Waals surface area contributed by atoms with E-state index in [1.165, 1.54) is 4.88 Å². The van der Waals surface area contributed by atoms with Gasteiger partial charge in [0, 0.05) is 31.1 Å². The number of hydrogen-bond donors (Lipinski definition) is 2. The van der Waals surface area contributed by atoms with Crippen LogP contribution in [-0.4, -0.2) is 43.3 Å². The fourth-order valence-corrected chi connectivity index (χ4v) is 3.74. The minimum atomic E-state index is 0.0447. The Kier molecular flexibility index (Phi) is 4.43. The maximum atomic E-state index is 10.4. The number of ether oxygens (including phenoxy) is 1. The lowest BCUT2D eigenvalue weighted by atomic mass is 10.0. The first-order valence-electron chi connectivity index (χ1n) is 7.15. The molecule has 0 bridgehead atoms. The van der Waals surface area contributed by atoms with Crippen molar-refractivity contribution in [3.05, 3.63) is 46.2 Å². The maximum Gasteiger partial charge on any atom is 0.127 e. The molecule has 0 saturated carbocycles. The number of phenols is 1. The fourth-order valence-electron chi connectivity index (χ4n) is 2.88. The van der Waals surface area contributed by atoms with Crippen LogP contribution in [0.1, 0.15) is 16.5 Å². The van der Waals surface area contributed by atoms with Crippen molar-refractivity contribution in [1.82, 2.24) is 10.2 Å². The molecule has 1 aliphatic heterocycles. The molecule has 5 heteroatoms. The van der Waals surface area contributed by atoms with E-state index in [0.29, 0.717) is 5.75 Å². The smallest absolute Gasteiger partial charge is 0.127 e. The Hall–Kier alpha value is -1.56. The standard InChI is InChI=1S/C16H20N2O2S/c1-20-13-5-2-4-12(19)15(13)16(14-6-3-11-21-14)18-9-7-17-8-10-18/h2-6,11,16-17,19H,7-10H2,1H3/t16-/m0/s1. The van der Waals surface area contributed by atoms with E-state index >= 15 is 0 Å². The molecule has 0 unspecified atom stereocenters. The van der Waals surface area contributed by atoms with Gasteiger partial charge in [-0.15, -0.1) is 11.3 Å². The van der Waals surface area contributed by atoms with Gasteiger partial charge in [0.15, 0.2) is 0 Å². The van der Waals surface area contributed by atoms with Gasteiger partial charge in [-0.25, -0.2) is 0 Å². The number of nitrogens with one attached hydrogen (secondary N) is 1. The zero-order valence-corrected chi connectivity index (χ0v) is 12.9. The minimum absolute atomic E-state index is 0.0447. The van der Waals surface area contributed by atoms with Crippen molar-refractivity contribution in [2.24, 2.45) is 0 Å². The van der Waals surface area contributed by atoms with Crippen LogP contribution in [0.4, 0.5) is 0 Å². The molecule has 0 aliphatic carbocycles. The highest BCUT2D eigenvalue weighted by Gasteiger charge is 2.29. The molecular weight excluding hydrogens is 284 g/mol. The van der Waals surface area contributed by atoms with Crippen molar-refractivity contribution in [3.8, 4) is 11.5 Å². The molecule has 1 fully saturated rings. The van der Waals surface area contributed by atoms with Crippen LogP contribution in [0.5, 0.6) is 11.5 Å². The predicted octanol–water partition coefficient (Wildman–Crippen LogP) is 2.46. The molecule has 2 N–H and O–H groups in total. The van der Waals surface area contributed by atoms with Gasteiger partial charge in [0.05, 0.1) is 18.7 Å². The Labute approximate surface area is 129 Å². The summed E-state index contributed by atoms with van der Waals surface area (Å²) < 4.78 is 5.50. The maximum absolute atomic E-state index is 10.4. The largest absolute Gasteiger partial charge is 0.507 e. The molecule has 0 spiro atoms. The third-order valence-corrected chi connectivity index (χ3v) is 4.79. The van der Waals surface area contributed by atoms with E-state index < -0.39 is 0 Å². The molecule has 112 valence electrons. The first-order valence-corrected chi connectivity index (χ1v) is 8.03. The van der Waals surface area contributed by atoms with Gasteiger partial charge < -0.3 is 15.2 Å². The fraction of sp³-hybridized carbons (Fsp3) is 0.375. The van der Waals surface area contributed by atoms with Crippen molar-refractivity contribution in [1.29, 1.82) is 0 Å². The number of benzene rings is 1. The zero-order chi connectivity index (χ0) is 14.7. The number of rotatable bonds is 4. The molecule has 1 atom stereocenters. The van der Waals surface area contributed by atoms with Crippen LogP contribution in [0, 0.1) is 0 Å². The summed E-state index contributed by atoms with van der Waals surface area (Å²) in [4.78, 5) is 3.64. The van der Waals surface area contributed by atoms with E-state index in [1.54, 1.807) is 24.5 Å². The third-order valence-electron chi connectivity index (χ3n) is 3.87. The lowest BCUT2D eigenvalue weighted by Crippen LogP contribution is -2.45. The molecule has 0 amide bonds. The number of hydrogen-bond acceptors (Lipinski definition) is 5. The van der Waals surface area contributed by atoms with E-state index in [1.807, 2.05) is 12.1 Å². The molecule has 0 radical (unpaired) electrons. The van der Waals surface area contributed by atoms with Crippen LogP contribution in [0.2, 0.25) is 0 Å². The average molecular weight is 304 g/mol. The van der Waals surface area contributed by atoms with E-state index in [-0.39, 0.29) is 6.04 Å². The molecule has 1 aliphatic rings. The van der Waals surface area contributed by atoms with Crippen LogP contribution >= 0.6 is 11.3 Å². The SMILES string of the molecule is COc1cccc(O)c1[C@H](c1cccs1)N1CCNCC1. The lowest BCUT2D eigenvalue weighted by Gasteiger charge is -2.35. The number of aromatic hydroxyl groups is 1. The Balaban J connectivity index is 2.07. The Bertz CT molecular complexity index is 580. The second-order valence-corrected chi connectivity index (χ2v) is 6.08. The van der Waals surface area contributed by atoms with Crippen LogP contribution in [-0.2, 0) is 0 Å². The molecule has 21 heavy (non-hydrogen) atoms. The summed E-state index contributed by atoms with van der Waals surface area (Å²) in [6.07, 6.45) is 0. The van der Waals surface area contributed by atoms with E-state index in [2.05, 4.69) is 27.7 Å². The Morgan fingerprint density at radius 2 is 2.05 bits per heavy atom. The summed E-state index contributed by atoms with van der Waals surface area (Å²) in [6, 6.07) is 9.70. The number of methoxy groups -OCH3 is 1. The third kappa shape index (κ3) is 2.90. The highest BCUT2D eigenvalue weighted by Crippen LogP contribution is 2.41. The predicted molar refractivity (Wildman–Crippen MR) is 85.3 cm³/mol. The molecule has 2 heterocycles. The van der Waals surface area contributed by atoms with Crippen molar-refractivity contribution >= 4 is 11.3 Å². The first kappa shape index (κ1) is 14.4. The molecule has 2 aromatic rings. The van der Waals surface area contributed by atoms with Crippen molar-refractivity contribution < 1.29 is 9.84 Å². The topological polar surface area (TPSA) is 44.7 Å². The van der Waals surface area contributed by atoms with Gasteiger partial charge in [-0.05, 0) is 23.6 Å². The summed E-state index contributed by atoms with van der Waals surface area (Å²) >= 11 is 1.72. The average Bonchev–Trinajstić information content (AvgIpc) is 3.04. The lowest BCUT2D eigenvalue weighted by molar-refractivity contribution is 0.195. The number of thiophene rings is 1. The summed E-state index contributed by atoms with van der Waals surface area (Å²) in [5.74, 6) is 1.04. The van der Waals surface area contributed by atoms with Gasteiger partial charge in [-0.2, -0.15) is 0 Å². The van der Waals surface area contributed by atoms with Gasteiger partial charge in [0.1, 0.15) is 11.5 Å². The molecule has 1 saturated heterocycles. The van der Waals surface area contributed by atoms with Crippen molar-refractivity contribution in [2.45, 2.75) is 6.04 Å². The van der Waals surface area contributed by atoms with E-state index in [0.717, 1.165) is 37.5 Å². The zero-order valence-electron chi connectivity index (χ0n) is 12.1. The number of nitrogens with zero attached hydrogens (tertiary/aromatic N) is 1. The van der Waals surface area contributed by atoms with Crippen molar-refractivity contribution in [3.63, 3.8) is 0 Å². The molecule has 1 aromatic heterocycles. The Morgan fingerprint density at radius 1 is 1.24 bits per heavy atom. The monoisotopic (exact) mass is 304 g/mol. The van der Waals surface area contributed by atoms with Crippen LogP contribution in [0.25, 0.3) is 0 Å². The quantitative estimate of drug-likeness (QED) is 0.911. The summed E-state index contributed by atoms with van der Waals surface area (Å²) in [5, 5.41) is 15.9. The second kappa shape index (κ2) is 6.47. The minimum Gasteiger partial charge on any atom is -0.507 e. The molecule has 3 rings (SSSR count). The number of piperazine rings is 1. The van der Waals surface area contributed by atoms with E-state index in [9.17, 15) is 5.11 Å². The Morgan fingerprint density at radius 3 is 2.71 bits per heavy atom. The molecule has 4 nitrogen and oxygen atoms in total. The summed E-state index contributed by atoms with van der Waals surface area (Å²) in [6.45, 7) is 3.86.